The molecule has 0 radical (unpaired) electrons. The molecule has 0 aliphatic carbocycles. The number of carbonyl (C=O) groups is 1. The van der Waals surface area contributed by atoms with Gasteiger partial charge in [-0.2, -0.15) is 4.31 Å². The van der Waals surface area contributed by atoms with Crippen molar-refractivity contribution in [3.8, 4) is 17.2 Å². The molecule has 1 fully saturated rings. The molecule has 9 nitrogen and oxygen atoms in total. The fourth-order valence-corrected chi connectivity index (χ4v) is 5.43. The van der Waals surface area contributed by atoms with Gasteiger partial charge < -0.3 is 24.1 Å². The first kappa shape index (κ1) is 22.9. The van der Waals surface area contributed by atoms with Crippen molar-refractivity contribution >= 4 is 26.8 Å². The first-order chi connectivity index (χ1) is 15.8. The third-order valence-corrected chi connectivity index (χ3v) is 7.58. The summed E-state index contributed by atoms with van der Waals surface area (Å²) in [6, 6.07) is 8.60. The zero-order valence-electron chi connectivity index (χ0n) is 18.4. The third-order valence-electron chi connectivity index (χ3n) is 5.65. The van der Waals surface area contributed by atoms with Gasteiger partial charge in [-0.25, -0.2) is 12.8 Å². The average Bonchev–Trinajstić information content (AvgIpc) is 3.28. The lowest BCUT2D eigenvalue weighted by atomic mass is 10.2. The fraction of sp³-hybridized carbons (Fsp3) is 0.318. The normalized spacial score (nSPS) is 15.0. The maximum Gasteiger partial charge on any atom is 0.270 e. The molecule has 1 aliphatic heterocycles. The van der Waals surface area contributed by atoms with Crippen molar-refractivity contribution in [3.63, 3.8) is 0 Å². The van der Waals surface area contributed by atoms with E-state index in [0.29, 0.717) is 33.8 Å². The van der Waals surface area contributed by atoms with Gasteiger partial charge in [0.05, 0.1) is 26.8 Å². The topological polar surface area (TPSA) is 101 Å². The molecule has 176 valence electrons. The predicted octanol–water partition coefficient (Wildman–Crippen LogP) is 2.48. The standard InChI is InChI=1S/C22H24FN3O6S/c1-30-17-13-18(31-2)21(32-3)20-14(17)12-16(24-20)22(27)25-8-10-26(11-9-25)33(28,29)19-7-5-4-6-15(19)23/h4-7,12-13,24H,8-11H2,1-3H3. The molecule has 2 heterocycles. The van der Waals surface area contributed by atoms with Crippen LogP contribution in [0.5, 0.6) is 17.2 Å². The minimum Gasteiger partial charge on any atom is -0.496 e. The summed E-state index contributed by atoms with van der Waals surface area (Å²) in [5.41, 5.74) is 0.859. The number of nitrogens with zero attached hydrogens (tertiary/aromatic N) is 2. The summed E-state index contributed by atoms with van der Waals surface area (Å²) in [5.74, 6) is 0.311. The maximum absolute atomic E-state index is 14.0. The molecule has 33 heavy (non-hydrogen) atoms. The van der Waals surface area contributed by atoms with Gasteiger partial charge in [0, 0.05) is 37.6 Å². The van der Waals surface area contributed by atoms with E-state index >= 15 is 0 Å². The Hall–Kier alpha value is -3.31. The molecular weight excluding hydrogens is 453 g/mol. The molecule has 0 saturated carbocycles. The average molecular weight is 478 g/mol. The molecule has 1 aromatic heterocycles. The summed E-state index contributed by atoms with van der Waals surface area (Å²) in [4.78, 5) is 17.4. The molecule has 0 unspecified atom stereocenters. The number of amides is 1. The van der Waals surface area contributed by atoms with Crippen LogP contribution in [0.3, 0.4) is 0 Å². The van der Waals surface area contributed by atoms with Crippen LogP contribution in [0.25, 0.3) is 10.9 Å². The number of aromatic amines is 1. The molecule has 0 bridgehead atoms. The number of piperazine rings is 1. The van der Waals surface area contributed by atoms with E-state index in [1.165, 1.54) is 43.8 Å². The van der Waals surface area contributed by atoms with Gasteiger partial charge >= 0.3 is 0 Å². The molecule has 0 atom stereocenters. The zero-order chi connectivity index (χ0) is 23.8. The van der Waals surface area contributed by atoms with Crippen molar-refractivity contribution in [1.29, 1.82) is 0 Å². The Labute approximate surface area is 190 Å². The second-order valence-corrected chi connectivity index (χ2v) is 9.32. The van der Waals surface area contributed by atoms with Gasteiger partial charge in [-0.1, -0.05) is 12.1 Å². The number of H-pyrrole nitrogens is 1. The molecule has 1 saturated heterocycles. The van der Waals surface area contributed by atoms with Gasteiger partial charge in [0.2, 0.25) is 10.0 Å². The summed E-state index contributed by atoms with van der Waals surface area (Å²) in [5, 5.41) is 0.652. The third kappa shape index (κ3) is 3.98. The second kappa shape index (κ2) is 8.91. The van der Waals surface area contributed by atoms with Crippen molar-refractivity contribution in [2.45, 2.75) is 4.90 Å². The van der Waals surface area contributed by atoms with E-state index in [2.05, 4.69) is 4.98 Å². The maximum atomic E-state index is 14.0. The number of carbonyl (C=O) groups excluding carboxylic acids is 1. The Morgan fingerprint density at radius 2 is 1.64 bits per heavy atom. The summed E-state index contributed by atoms with van der Waals surface area (Å²) in [6.07, 6.45) is 0. The summed E-state index contributed by atoms with van der Waals surface area (Å²) >= 11 is 0. The van der Waals surface area contributed by atoms with E-state index in [1.807, 2.05) is 0 Å². The SMILES string of the molecule is COc1cc(OC)c2cc(C(=O)N3CCN(S(=O)(=O)c4ccccc4F)CC3)[nH]c2c1OC. The number of aromatic nitrogens is 1. The van der Waals surface area contributed by atoms with Crippen molar-refractivity contribution in [1.82, 2.24) is 14.2 Å². The Morgan fingerprint density at radius 3 is 2.24 bits per heavy atom. The van der Waals surface area contributed by atoms with Gasteiger partial charge in [-0.3, -0.25) is 4.79 Å². The van der Waals surface area contributed by atoms with Crippen LogP contribution in [-0.2, 0) is 10.0 Å². The number of methoxy groups -OCH3 is 3. The molecule has 1 aliphatic rings. The number of fused-ring (bicyclic) bond motifs is 1. The Bertz CT molecular complexity index is 1300. The van der Waals surface area contributed by atoms with Crippen molar-refractivity contribution in [2.24, 2.45) is 0 Å². The molecule has 4 rings (SSSR count). The van der Waals surface area contributed by atoms with Crippen LogP contribution >= 0.6 is 0 Å². The largest absolute Gasteiger partial charge is 0.496 e. The second-order valence-electron chi connectivity index (χ2n) is 7.41. The van der Waals surface area contributed by atoms with Gasteiger partial charge in [0.25, 0.3) is 5.91 Å². The lowest BCUT2D eigenvalue weighted by Gasteiger charge is -2.33. The van der Waals surface area contributed by atoms with Crippen LogP contribution in [0, 0.1) is 5.82 Å². The summed E-state index contributed by atoms with van der Waals surface area (Å²) in [7, 11) is 0.539. The fourth-order valence-electron chi connectivity index (χ4n) is 3.95. The van der Waals surface area contributed by atoms with Crippen LogP contribution in [0.2, 0.25) is 0 Å². The van der Waals surface area contributed by atoms with Crippen LogP contribution in [0.1, 0.15) is 10.5 Å². The van der Waals surface area contributed by atoms with Gasteiger partial charge in [0.15, 0.2) is 11.5 Å². The first-order valence-electron chi connectivity index (χ1n) is 10.2. The Kier molecular flexibility index (Phi) is 6.17. The smallest absolute Gasteiger partial charge is 0.270 e. The molecular formula is C22H24FN3O6S. The number of halogens is 1. The van der Waals surface area contributed by atoms with E-state index in [1.54, 1.807) is 17.0 Å². The number of hydrogen-bond donors (Lipinski definition) is 1. The predicted molar refractivity (Wildman–Crippen MR) is 119 cm³/mol. The number of sulfonamides is 1. The lowest BCUT2D eigenvalue weighted by Crippen LogP contribution is -2.50. The van der Waals surface area contributed by atoms with Crippen LogP contribution in [0.15, 0.2) is 41.3 Å². The van der Waals surface area contributed by atoms with Crippen LogP contribution in [0.4, 0.5) is 4.39 Å². The van der Waals surface area contributed by atoms with E-state index in [4.69, 9.17) is 14.2 Å². The molecule has 2 aromatic carbocycles. The van der Waals surface area contributed by atoms with E-state index in [9.17, 15) is 17.6 Å². The summed E-state index contributed by atoms with van der Waals surface area (Å²) in [6.45, 7) is 0.450. The minimum absolute atomic E-state index is 0.0586. The summed E-state index contributed by atoms with van der Waals surface area (Å²) < 4.78 is 57.1. The van der Waals surface area contributed by atoms with Crippen molar-refractivity contribution in [2.75, 3.05) is 47.5 Å². The number of benzene rings is 2. The van der Waals surface area contributed by atoms with Crippen LogP contribution in [-0.4, -0.2) is 76.0 Å². The molecule has 1 N–H and O–H groups in total. The Morgan fingerprint density at radius 1 is 0.970 bits per heavy atom. The van der Waals surface area contributed by atoms with Crippen molar-refractivity contribution < 1.29 is 31.8 Å². The van der Waals surface area contributed by atoms with Crippen molar-refractivity contribution in [3.05, 3.63) is 47.9 Å². The van der Waals surface area contributed by atoms with E-state index in [-0.39, 0.29) is 37.0 Å². The zero-order valence-corrected chi connectivity index (χ0v) is 19.2. The number of ether oxygens (including phenoxy) is 3. The highest BCUT2D eigenvalue weighted by Crippen LogP contribution is 2.41. The quantitative estimate of drug-likeness (QED) is 0.586. The Balaban J connectivity index is 1.56. The molecule has 0 spiro atoms. The van der Waals surface area contributed by atoms with E-state index in [0.717, 1.165) is 6.07 Å². The molecule has 3 aromatic rings. The number of rotatable bonds is 6. The van der Waals surface area contributed by atoms with E-state index < -0.39 is 15.8 Å². The van der Waals surface area contributed by atoms with Gasteiger partial charge in [-0.05, 0) is 18.2 Å². The van der Waals surface area contributed by atoms with Gasteiger partial charge in [0.1, 0.15) is 22.2 Å². The first-order valence-corrected chi connectivity index (χ1v) is 11.6. The minimum atomic E-state index is -3.99. The highest BCUT2D eigenvalue weighted by atomic mass is 32.2. The lowest BCUT2D eigenvalue weighted by molar-refractivity contribution is 0.0693. The monoisotopic (exact) mass is 477 g/mol. The highest BCUT2D eigenvalue weighted by molar-refractivity contribution is 7.89. The number of nitrogens with one attached hydrogen (secondary N) is 1. The number of hydrogen-bond acceptors (Lipinski definition) is 6. The van der Waals surface area contributed by atoms with Crippen LogP contribution < -0.4 is 14.2 Å². The molecule has 11 heteroatoms. The highest BCUT2D eigenvalue weighted by Gasteiger charge is 2.32. The molecule has 1 amide bonds. The van der Waals surface area contributed by atoms with Gasteiger partial charge in [-0.15, -0.1) is 0 Å².